The Morgan fingerprint density at radius 1 is 1.48 bits per heavy atom. The molecule has 0 spiro atoms. The first-order chi connectivity index (χ1) is 10.9. The van der Waals surface area contributed by atoms with Crippen molar-refractivity contribution in [3.63, 3.8) is 0 Å². The third-order valence-electron chi connectivity index (χ3n) is 3.22. The van der Waals surface area contributed by atoms with Crippen LogP contribution < -0.4 is 5.32 Å². The van der Waals surface area contributed by atoms with Gasteiger partial charge in [0.2, 0.25) is 11.8 Å². The molecule has 1 aromatic rings. The molecule has 1 saturated heterocycles. The average molecular weight is 376 g/mol. The smallest absolute Gasteiger partial charge is 0.233 e. The normalized spacial score (nSPS) is 20.0. The molecule has 23 heavy (non-hydrogen) atoms. The number of aromatic hydroxyl groups is 1. The van der Waals surface area contributed by atoms with E-state index in [9.17, 15) is 14.7 Å². The lowest BCUT2D eigenvalue weighted by Crippen LogP contribution is -2.46. The topological polar surface area (TPSA) is 82.0 Å². The minimum atomic E-state index is -0.530. The van der Waals surface area contributed by atoms with Gasteiger partial charge in [-0.3, -0.25) is 14.5 Å². The van der Waals surface area contributed by atoms with Crippen molar-refractivity contribution in [1.82, 2.24) is 10.2 Å². The first kappa shape index (κ1) is 17.9. The van der Waals surface area contributed by atoms with Gasteiger partial charge in [0.25, 0.3) is 0 Å². The quantitative estimate of drug-likeness (QED) is 0.850. The number of phenolic OH excluding ortho intramolecular Hbond substituents is 1. The van der Waals surface area contributed by atoms with Crippen LogP contribution in [0.25, 0.3) is 0 Å². The minimum Gasteiger partial charge on any atom is -0.505 e. The highest BCUT2D eigenvalue weighted by molar-refractivity contribution is 8.15. The summed E-state index contributed by atoms with van der Waals surface area (Å²) in [5.41, 5.74) is 0.393. The van der Waals surface area contributed by atoms with Crippen molar-refractivity contribution in [2.24, 2.45) is 4.99 Å². The fraction of sp³-hybridized carbons (Fsp3) is 0.357. The van der Waals surface area contributed by atoms with E-state index in [2.05, 4.69) is 10.3 Å². The van der Waals surface area contributed by atoms with Crippen LogP contribution in [0.2, 0.25) is 10.0 Å². The van der Waals surface area contributed by atoms with Gasteiger partial charge in [-0.05, 0) is 19.1 Å². The molecular weight excluding hydrogens is 361 g/mol. The first-order valence-electron chi connectivity index (χ1n) is 6.82. The Bertz CT molecular complexity index is 658. The molecular formula is C14H15Cl2N3O3S. The summed E-state index contributed by atoms with van der Waals surface area (Å²) in [4.78, 5) is 29.9. The van der Waals surface area contributed by atoms with Gasteiger partial charge in [0.1, 0.15) is 0 Å². The second-order valence-corrected chi connectivity index (χ2v) is 6.70. The Morgan fingerprint density at radius 2 is 2.09 bits per heavy atom. The first-order valence-corrected chi connectivity index (χ1v) is 8.46. The molecule has 124 valence electrons. The number of phenols is 1. The van der Waals surface area contributed by atoms with Gasteiger partial charge < -0.3 is 10.4 Å². The van der Waals surface area contributed by atoms with Gasteiger partial charge in [0.15, 0.2) is 10.9 Å². The second kappa shape index (κ2) is 7.42. The van der Waals surface area contributed by atoms with Crippen molar-refractivity contribution in [3.8, 4) is 5.75 Å². The largest absolute Gasteiger partial charge is 0.505 e. The van der Waals surface area contributed by atoms with E-state index in [4.69, 9.17) is 23.2 Å². The molecule has 1 aliphatic rings. The van der Waals surface area contributed by atoms with E-state index >= 15 is 0 Å². The van der Waals surface area contributed by atoms with E-state index in [1.807, 2.05) is 6.92 Å². The molecule has 2 N–H and O–H groups in total. The summed E-state index contributed by atoms with van der Waals surface area (Å²) in [5, 5.41) is 12.1. The van der Waals surface area contributed by atoms with E-state index in [-0.39, 0.29) is 34.0 Å². The molecule has 0 aliphatic carbocycles. The Labute approximate surface area is 147 Å². The van der Waals surface area contributed by atoms with Gasteiger partial charge >= 0.3 is 0 Å². The average Bonchev–Trinajstić information content (AvgIpc) is 2.51. The highest BCUT2D eigenvalue weighted by Crippen LogP contribution is 2.37. The number of nitrogens with one attached hydrogen (secondary N) is 1. The fourth-order valence-electron chi connectivity index (χ4n) is 2.04. The van der Waals surface area contributed by atoms with Gasteiger partial charge in [-0.25, -0.2) is 4.99 Å². The van der Waals surface area contributed by atoms with Crippen LogP contribution in [-0.2, 0) is 9.59 Å². The Morgan fingerprint density at radius 3 is 2.61 bits per heavy atom. The van der Waals surface area contributed by atoms with Gasteiger partial charge in [0.05, 0.1) is 21.0 Å². The third-order valence-corrected chi connectivity index (χ3v) is 4.99. The van der Waals surface area contributed by atoms with Gasteiger partial charge in [-0.1, -0.05) is 35.0 Å². The summed E-state index contributed by atoms with van der Waals surface area (Å²) in [5.74, 6) is -0.622. The highest BCUT2D eigenvalue weighted by atomic mass is 35.5. The summed E-state index contributed by atoms with van der Waals surface area (Å²) in [6.07, 6.45) is 0.119. The molecule has 0 radical (unpaired) electrons. The number of hydrogen-bond donors (Lipinski definition) is 2. The van der Waals surface area contributed by atoms with Crippen molar-refractivity contribution >= 4 is 57.6 Å². The minimum absolute atomic E-state index is 0.0647. The van der Waals surface area contributed by atoms with Crippen molar-refractivity contribution in [3.05, 3.63) is 22.2 Å². The SMILES string of the molecule is CCN1C(=O)C[C@@H](C(=O)NC)SC1=Nc1cc(Cl)c(O)c(Cl)c1. The summed E-state index contributed by atoms with van der Waals surface area (Å²) in [7, 11) is 1.52. The van der Waals surface area contributed by atoms with E-state index in [0.717, 1.165) is 0 Å². The summed E-state index contributed by atoms with van der Waals surface area (Å²) < 4.78 is 0. The number of halogens is 2. The van der Waals surface area contributed by atoms with Crippen LogP contribution in [0.5, 0.6) is 5.75 Å². The van der Waals surface area contributed by atoms with Crippen LogP contribution in [0.4, 0.5) is 5.69 Å². The number of hydrogen-bond acceptors (Lipinski definition) is 5. The lowest BCUT2D eigenvalue weighted by atomic mass is 10.2. The van der Waals surface area contributed by atoms with Gasteiger partial charge in [-0.15, -0.1) is 0 Å². The summed E-state index contributed by atoms with van der Waals surface area (Å²) in [6.45, 7) is 2.26. The number of aliphatic imine (C=N–C) groups is 1. The van der Waals surface area contributed by atoms with E-state index in [0.29, 0.717) is 17.4 Å². The maximum absolute atomic E-state index is 12.2. The predicted molar refractivity (Wildman–Crippen MR) is 92.7 cm³/mol. The molecule has 1 aromatic carbocycles. The lowest BCUT2D eigenvalue weighted by Gasteiger charge is -2.30. The standard InChI is InChI=1S/C14H15Cl2N3O3S/c1-3-19-11(20)6-10(13(22)17-2)23-14(19)18-7-4-8(15)12(21)9(16)5-7/h4-5,10,21H,3,6H2,1-2H3,(H,17,22)/t10-/m0/s1. The maximum Gasteiger partial charge on any atom is 0.233 e. The maximum atomic E-state index is 12.2. The van der Waals surface area contributed by atoms with Crippen molar-refractivity contribution in [2.75, 3.05) is 13.6 Å². The molecule has 0 aromatic heterocycles. The molecule has 0 bridgehead atoms. The van der Waals surface area contributed by atoms with Crippen LogP contribution >= 0.6 is 35.0 Å². The van der Waals surface area contributed by atoms with Gasteiger partial charge in [-0.2, -0.15) is 0 Å². The molecule has 1 fully saturated rings. The molecule has 0 unspecified atom stereocenters. The number of nitrogens with zero attached hydrogens (tertiary/aromatic N) is 2. The van der Waals surface area contributed by atoms with E-state index in [1.165, 1.54) is 35.8 Å². The molecule has 1 heterocycles. The molecule has 1 aliphatic heterocycles. The van der Waals surface area contributed by atoms with Crippen LogP contribution in [0.15, 0.2) is 17.1 Å². The zero-order chi connectivity index (χ0) is 17.1. The van der Waals surface area contributed by atoms with Crippen LogP contribution in [-0.4, -0.2) is 45.8 Å². The highest BCUT2D eigenvalue weighted by Gasteiger charge is 2.34. The lowest BCUT2D eigenvalue weighted by molar-refractivity contribution is -0.130. The molecule has 2 amide bonds. The molecule has 0 saturated carbocycles. The Hall–Kier alpha value is -1.44. The molecule has 2 rings (SSSR count). The third kappa shape index (κ3) is 3.91. The van der Waals surface area contributed by atoms with Crippen LogP contribution in [0.1, 0.15) is 13.3 Å². The Kier molecular flexibility index (Phi) is 5.78. The Balaban J connectivity index is 2.40. The molecule has 6 nitrogen and oxygen atoms in total. The number of carbonyl (C=O) groups excluding carboxylic acids is 2. The second-order valence-electron chi connectivity index (χ2n) is 4.72. The number of carbonyl (C=O) groups is 2. The summed E-state index contributed by atoms with van der Waals surface area (Å²) >= 11 is 13.0. The number of thioether (sulfide) groups is 1. The number of benzene rings is 1. The van der Waals surface area contributed by atoms with Gasteiger partial charge in [0, 0.05) is 20.0 Å². The van der Waals surface area contributed by atoms with Crippen molar-refractivity contribution < 1.29 is 14.7 Å². The monoisotopic (exact) mass is 375 g/mol. The zero-order valence-electron chi connectivity index (χ0n) is 12.5. The number of amides is 2. The van der Waals surface area contributed by atoms with Crippen LogP contribution in [0, 0.1) is 0 Å². The van der Waals surface area contributed by atoms with Crippen LogP contribution in [0.3, 0.4) is 0 Å². The molecule has 1 atom stereocenters. The number of amidine groups is 1. The molecule has 9 heteroatoms. The van der Waals surface area contributed by atoms with Crippen molar-refractivity contribution in [2.45, 2.75) is 18.6 Å². The van der Waals surface area contributed by atoms with E-state index < -0.39 is 5.25 Å². The zero-order valence-corrected chi connectivity index (χ0v) is 14.8. The fourth-order valence-corrected chi connectivity index (χ4v) is 3.74. The number of rotatable bonds is 3. The summed E-state index contributed by atoms with van der Waals surface area (Å²) in [6, 6.07) is 2.89. The van der Waals surface area contributed by atoms with E-state index in [1.54, 1.807) is 0 Å². The predicted octanol–water partition coefficient (Wildman–Crippen LogP) is 2.79. The van der Waals surface area contributed by atoms with Crippen molar-refractivity contribution in [1.29, 1.82) is 0 Å².